The molecule has 0 bridgehead atoms. The molecular weight excluding hydrogens is 486 g/mol. The molecular formula is C25H27N3O5S2. The van der Waals surface area contributed by atoms with Crippen molar-refractivity contribution in [2.75, 3.05) is 18.5 Å². The summed E-state index contributed by atoms with van der Waals surface area (Å²) in [5.74, 6) is -0.900. The van der Waals surface area contributed by atoms with Gasteiger partial charge in [0, 0.05) is 49.1 Å². The molecule has 1 aliphatic carbocycles. The number of sulfonamides is 1. The molecule has 184 valence electrons. The molecule has 0 aliphatic heterocycles. The number of nitrogens with one attached hydrogen (secondary N) is 1. The number of hydrogen-bond acceptors (Lipinski definition) is 6. The topological polar surface area (TPSA) is 114 Å². The number of benzene rings is 1. The molecule has 0 radical (unpaired) electrons. The molecule has 1 aromatic heterocycles. The van der Waals surface area contributed by atoms with E-state index in [2.05, 4.69) is 9.71 Å². The Balaban J connectivity index is 1.63. The molecule has 0 saturated carbocycles. The van der Waals surface area contributed by atoms with Gasteiger partial charge in [0.15, 0.2) is 0 Å². The SMILES string of the molecule is CC1=CC(=S(=O)=O)C(C=CC(=O)N(C)c2ccc(S(=O)(=O)NCCc3cccc(C)n3)cc2)C=C1. The summed E-state index contributed by atoms with van der Waals surface area (Å²) in [6.07, 6.45) is 8.37. The van der Waals surface area contributed by atoms with E-state index in [1.165, 1.54) is 29.2 Å². The van der Waals surface area contributed by atoms with E-state index >= 15 is 0 Å². The summed E-state index contributed by atoms with van der Waals surface area (Å²) < 4.78 is 50.7. The fourth-order valence-corrected chi connectivity index (χ4v) is 5.14. The molecule has 0 saturated heterocycles. The number of likely N-dealkylation sites (N-methyl/N-ethyl adjacent to an activating group) is 1. The predicted octanol–water partition coefficient (Wildman–Crippen LogP) is 2.61. The molecule has 8 nitrogen and oxygen atoms in total. The first-order valence-corrected chi connectivity index (χ1v) is 13.4. The van der Waals surface area contributed by atoms with Crippen molar-refractivity contribution in [2.45, 2.75) is 25.2 Å². The van der Waals surface area contributed by atoms with Gasteiger partial charge < -0.3 is 4.90 Å². The molecule has 0 spiro atoms. The monoisotopic (exact) mass is 513 g/mol. The van der Waals surface area contributed by atoms with Crippen molar-refractivity contribution in [1.29, 1.82) is 0 Å². The molecule has 2 aromatic rings. The second-order valence-electron chi connectivity index (χ2n) is 8.08. The molecule has 1 N–H and O–H groups in total. The van der Waals surface area contributed by atoms with Crippen LogP contribution in [0, 0.1) is 12.8 Å². The summed E-state index contributed by atoms with van der Waals surface area (Å²) >= 11 is 0. The zero-order chi connectivity index (χ0) is 25.6. The number of nitrogens with zero attached hydrogens (tertiary/aromatic N) is 2. The first kappa shape index (κ1) is 26.3. The van der Waals surface area contributed by atoms with E-state index in [0.29, 0.717) is 12.1 Å². The minimum atomic E-state index is -3.72. The van der Waals surface area contributed by atoms with Crippen LogP contribution >= 0.6 is 0 Å². The van der Waals surface area contributed by atoms with Gasteiger partial charge in [-0.3, -0.25) is 9.78 Å². The highest BCUT2D eigenvalue weighted by atomic mass is 32.2. The van der Waals surface area contributed by atoms with Crippen LogP contribution < -0.4 is 9.62 Å². The van der Waals surface area contributed by atoms with E-state index in [0.717, 1.165) is 17.0 Å². The lowest BCUT2D eigenvalue weighted by molar-refractivity contribution is -0.113. The fourth-order valence-electron chi connectivity index (χ4n) is 3.45. The number of pyridine rings is 1. The van der Waals surface area contributed by atoms with Crippen LogP contribution in [0.1, 0.15) is 18.3 Å². The Bertz CT molecular complexity index is 1430. The average molecular weight is 514 g/mol. The molecule has 1 aliphatic rings. The lowest BCUT2D eigenvalue weighted by Gasteiger charge is -2.17. The number of aromatic nitrogens is 1. The molecule has 1 atom stereocenters. The van der Waals surface area contributed by atoms with Gasteiger partial charge in [-0.1, -0.05) is 29.9 Å². The second-order valence-corrected chi connectivity index (χ2v) is 10.8. The summed E-state index contributed by atoms with van der Waals surface area (Å²) in [6.45, 7) is 3.88. The summed E-state index contributed by atoms with van der Waals surface area (Å²) in [5.41, 5.74) is 2.98. The van der Waals surface area contributed by atoms with E-state index in [9.17, 15) is 21.6 Å². The smallest absolute Gasteiger partial charge is 0.250 e. The highest BCUT2D eigenvalue weighted by Crippen LogP contribution is 2.19. The van der Waals surface area contributed by atoms with E-state index in [-0.39, 0.29) is 22.2 Å². The minimum Gasteiger partial charge on any atom is -0.312 e. The van der Waals surface area contributed by atoms with E-state index < -0.39 is 26.2 Å². The van der Waals surface area contributed by atoms with Gasteiger partial charge in [-0.05, 0) is 56.3 Å². The number of aryl methyl sites for hydroxylation is 1. The Morgan fingerprint density at radius 2 is 1.86 bits per heavy atom. The van der Waals surface area contributed by atoms with Gasteiger partial charge in [-0.25, -0.2) is 13.1 Å². The Hall–Kier alpha value is -3.34. The summed E-state index contributed by atoms with van der Waals surface area (Å²) in [5, 5.41) is 0. The van der Waals surface area contributed by atoms with Gasteiger partial charge in [0.1, 0.15) is 0 Å². The van der Waals surface area contributed by atoms with Crippen LogP contribution in [0.15, 0.2) is 83.3 Å². The van der Waals surface area contributed by atoms with Crippen molar-refractivity contribution >= 4 is 36.8 Å². The fraction of sp³-hybridized carbons (Fsp3) is 0.240. The van der Waals surface area contributed by atoms with Crippen molar-refractivity contribution in [3.63, 3.8) is 0 Å². The number of amides is 1. The van der Waals surface area contributed by atoms with Crippen LogP contribution in [0.3, 0.4) is 0 Å². The number of rotatable bonds is 8. The number of carbonyl (C=O) groups is 1. The van der Waals surface area contributed by atoms with Crippen LogP contribution in [-0.4, -0.2) is 46.2 Å². The molecule has 1 unspecified atom stereocenters. The van der Waals surface area contributed by atoms with Crippen LogP contribution in [0.4, 0.5) is 5.69 Å². The zero-order valence-corrected chi connectivity index (χ0v) is 21.3. The lowest BCUT2D eigenvalue weighted by Crippen LogP contribution is -2.27. The maximum Gasteiger partial charge on any atom is 0.250 e. The Kier molecular flexibility index (Phi) is 8.55. The van der Waals surface area contributed by atoms with Gasteiger partial charge in [0.25, 0.3) is 0 Å². The molecule has 1 heterocycles. The zero-order valence-electron chi connectivity index (χ0n) is 19.7. The first-order chi connectivity index (χ1) is 16.6. The Labute approximate surface area is 207 Å². The largest absolute Gasteiger partial charge is 0.312 e. The Morgan fingerprint density at radius 3 is 2.51 bits per heavy atom. The standard InChI is InChI=1S/C25H27N3O5S2/c1-18-7-8-20(24(17-18)34(30)31)9-14-25(29)28(3)22-10-12-23(13-11-22)35(32,33)26-16-15-21-6-4-5-19(2)27-21/h4-14,17,20,26H,15-16H2,1-3H3. The van der Waals surface area contributed by atoms with Crippen LogP contribution in [0.5, 0.6) is 0 Å². The number of carbonyl (C=O) groups excluding carboxylic acids is 1. The van der Waals surface area contributed by atoms with Crippen molar-refractivity contribution < 1.29 is 21.6 Å². The highest BCUT2D eigenvalue weighted by Gasteiger charge is 2.17. The first-order valence-electron chi connectivity index (χ1n) is 10.9. The molecule has 3 rings (SSSR count). The van der Waals surface area contributed by atoms with E-state index in [1.807, 2.05) is 25.1 Å². The van der Waals surface area contributed by atoms with Crippen LogP contribution in [0.2, 0.25) is 0 Å². The number of allylic oxidation sites excluding steroid dienone is 5. The minimum absolute atomic E-state index is 0.0847. The number of anilines is 1. The molecule has 35 heavy (non-hydrogen) atoms. The third kappa shape index (κ3) is 7.08. The lowest BCUT2D eigenvalue weighted by atomic mass is 9.96. The van der Waals surface area contributed by atoms with Gasteiger partial charge in [0.2, 0.25) is 26.2 Å². The van der Waals surface area contributed by atoms with E-state index in [1.54, 1.807) is 44.3 Å². The van der Waals surface area contributed by atoms with Crippen molar-refractivity contribution in [2.24, 2.45) is 5.92 Å². The summed E-state index contributed by atoms with van der Waals surface area (Å²) in [4.78, 5) is 18.6. The van der Waals surface area contributed by atoms with Crippen molar-refractivity contribution in [3.05, 3.63) is 89.8 Å². The summed E-state index contributed by atoms with van der Waals surface area (Å²) in [6, 6.07) is 11.5. The van der Waals surface area contributed by atoms with Crippen LogP contribution in [0.25, 0.3) is 0 Å². The predicted molar refractivity (Wildman–Crippen MR) is 137 cm³/mol. The molecule has 10 heteroatoms. The van der Waals surface area contributed by atoms with Gasteiger partial charge in [-0.15, -0.1) is 0 Å². The average Bonchev–Trinajstić information content (AvgIpc) is 2.82. The highest BCUT2D eigenvalue weighted by molar-refractivity contribution is 7.89. The third-order valence-electron chi connectivity index (χ3n) is 5.39. The quantitative estimate of drug-likeness (QED) is 0.429. The van der Waals surface area contributed by atoms with Crippen LogP contribution in [-0.2, 0) is 31.5 Å². The van der Waals surface area contributed by atoms with Gasteiger partial charge >= 0.3 is 0 Å². The normalized spacial score (nSPS) is 15.8. The second kappa shape index (κ2) is 11.4. The maximum absolute atomic E-state index is 12.6. The molecule has 1 aromatic carbocycles. The van der Waals surface area contributed by atoms with E-state index in [4.69, 9.17) is 0 Å². The maximum atomic E-state index is 12.6. The molecule has 0 fully saturated rings. The third-order valence-corrected chi connectivity index (χ3v) is 7.64. The summed E-state index contributed by atoms with van der Waals surface area (Å²) in [7, 11) is -4.55. The van der Waals surface area contributed by atoms with Gasteiger partial charge in [0.05, 0.1) is 9.76 Å². The number of hydrogen-bond donors (Lipinski definition) is 1. The van der Waals surface area contributed by atoms with Crippen molar-refractivity contribution in [1.82, 2.24) is 9.71 Å². The van der Waals surface area contributed by atoms with Crippen molar-refractivity contribution in [3.8, 4) is 0 Å². The molecule has 1 amide bonds. The Morgan fingerprint density at radius 1 is 1.14 bits per heavy atom. The van der Waals surface area contributed by atoms with Gasteiger partial charge in [-0.2, -0.15) is 8.42 Å².